The van der Waals surface area contributed by atoms with Crippen LogP contribution in [0.5, 0.6) is 5.75 Å². The van der Waals surface area contributed by atoms with E-state index in [1.54, 1.807) is 41.2 Å². The number of anilines is 1. The van der Waals surface area contributed by atoms with Crippen molar-refractivity contribution in [2.45, 2.75) is 6.42 Å². The van der Waals surface area contributed by atoms with Gasteiger partial charge in [0.2, 0.25) is 11.8 Å². The molecular weight excluding hydrogens is 392 g/mol. The molecule has 4 rings (SSSR count). The van der Waals surface area contributed by atoms with Gasteiger partial charge in [0.25, 0.3) is 0 Å². The van der Waals surface area contributed by atoms with Crippen LogP contribution in [0.3, 0.4) is 0 Å². The van der Waals surface area contributed by atoms with Crippen LogP contribution in [-0.2, 0) is 16.0 Å². The number of aromatic nitrogens is 2. The van der Waals surface area contributed by atoms with Gasteiger partial charge in [0.15, 0.2) is 0 Å². The first-order valence-electron chi connectivity index (χ1n) is 9.17. The topological polar surface area (TPSA) is 85.3 Å². The first-order chi connectivity index (χ1) is 14.1. The average molecular weight is 411 g/mol. The van der Waals surface area contributed by atoms with Gasteiger partial charge in [-0.3, -0.25) is 9.59 Å². The second kappa shape index (κ2) is 8.36. The number of carbonyl (C=O) groups is 2. The summed E-state index contributed by atoms with van der Waals surface area (Å²) < 4.78 is 7.35. The first kappa shape index (κ1) is 19.0. The zero-order chi connectivity index (χ0) is 20.2. The molecule has 0 saturated heterocycles. The molecular formula is C21H19ClN4O3. The second-order valence-electron chi connectivity index (χ2n) is 6.73. The second-order valence-corrected chi connectivity index (χ2v) is 7.16. The lowest BCUT2D eigenvalue weighted by molar-refractivity contribution is -0.128. The lowest BCUT2D eigenvalue weighted by Gasteiger charge is -2.24. The number of halogens is 1. The summed E-state index contributed by atoms with van der Waals surface area (Å²) in [4.78, 5) is 24.6. The van der Waals surface area contributed by atoms with Gasteiger partial charge in [0.1, 0.15) is 12.4 Å². The molecule has 148 valence electrons. The number of hydrogen-bond acceptors (Lipinski definition) is 4. The quantitative estimate of drug-likeness (QED) is 0.677. The third-order valence-electron chi connectivity index (χ3n) is 4.64. The van der Waals surface area contributed by atoms with Crippen molar-refractivity contribution in [3.05, 3.63) is 71.5 Å². The fourth-order valence-electron chi connectivity index (χ4n) is 3.17. The van der Waals surface area contributed by atoms with Crippen molar-refractivity contribution in [2.24, 2.45) is 5.92 Å². The van der Waals surface area contributed by atoms with E-state index in [9.17, 15) is 9.59 Å². The molecule has 0 radical (unpaired) electrons. The number of benzene rings is 2. The summed E-state index contributed by atoms with van der Waals surface area (Å²) in [5, 5.41) is 10.2. The molecule has 1 aliphatic rings. The molecule has 0 bridgehead atoms. The van der Waals surface area contributed by atoms with Gasteiger partial charge in [-0.2, -0.15) is 5.10 Å². The molecule has 7 nitrogen and oxygen atoms in total. The number of rotatable bonds is 5. The first-order valence-corrected chi connectivity index (χ1v) is 9.55. The van der Waals surface area contributed by atoms with E-state index in [2.05, 4.69) is 15.7 Å². The molecule has 29 heavy (non-hydrogen) atoms. The maximum absolute atomic E-state index is 12.4. The SMILES string of the molecule is O=C(CNC(=O)C1COc2ccc(Cl)cc2C1)Nc1ccc(-n2cccn2)cc1. The predicted octanol–water partition coefficient (Wildman–Crippen LogP) is 2.83. The van der Waals surface area contributed by atoms with Crippen LogP contribution in [0.4, 0.5) is 5.69 Å². The Balaban J connectivity index is 1.28. The lowest BCUT2D eigenvalue weighted by atomic mass is 9.96. The van der Waals surface area contributed by atoms with Crippen LogP contribution in [-0.4, -0.2) is 34.7 Å². The third-order valence-corrected chi connectivity index (χ3v) is 4.88. The predicted molar refractivity (Wildman–Crippen MR) is 109 cm³/mol. The summed E-state index contributed by atoms with van der Waals surface area (Å²) in [6.45, 7) is 0.162. The van der Waals surface area contributed by atoms with Crippen molar-refractivity contribution < 1.29 is 14.3 Å². The number of carbonyl (C=O) groups excluding carboxylic acids is 2. The standard InChI is InChI=1S/C21H19ClN4O3/c22-16-2-7-19-14(11-16)10-15(13-29-19)21(28)23-12-20(27)25-17-3-5-18(6-4-17)26-9-1-8-24-26/h1-9,11,15H,10,12-13H2,(H,23,28)(H,25,27). The number of amides is 2. The average Bonchev–Trinajstić information content (AvgIpc) is 3.27. The molecule has 8 heteroatoms. The number of nitrogens with one attached hydrogen (secondary N) is 2. The van der Waals surface area contributed by atoms with Gasteiger partial charge in [-0.15, -0.1) is 0 Å². The van der Waals surface area contributed by atoms with Crippen LogP contribution in [0.15, 0.2) is 60.9 Å². The molecule has 0 spiro atoms. The normalized spacial score (nSPS) is 15.1. The van der Waals surface area contributed by atoms with Gasteiger partial charge < -0.3 is 15.4 Å². The zero-order valence-electron chi connectivity index (χ0n) is 15.5. The minimum Gasteiger partial charge on any atom is -0.492 e. The number of hydrogen-bond donors (Lipinski definition) is 2. The third kappa shape index (κ3) is 4.57. The highest BCUT2D eigenvalue weighted by molar-refractivity contribution is 6.30. The Labute approximate surface area is 172 Å². The Hall–Kier alpha value is -3.32. The lowest BCUT2D eigenvalue weighted by Crippen LogP contribution is -2.40. The van der Waals surface area contributed by atoms with E-state index in [-0.39, 0.29) is 30.9 Å². The van der Waals surface area contributed by atoms with Gasteiger partial charge in [-0.05, 0) is 60.5 Å². The van der Waals surface area contributed by atoms with E-state index in [4.69, 9.17) is 16.3 Å². The van der Waals surface area contributed by atoms with E-state index in [1.807, 2.05) is 24.4 Å². The van der Waals surface area contributed by atoms with E-state index in [0.29, 0.717) is 17.1 Å². The molecule has 1 aromatic heterocycles. The Morgan fingerprint density at radius 1 is 1.21 bits per heavy atom. The molecule has 1 unspecified atom stereocenters. The van der Waals surface area contributed by atoms with Crippen LogP contribution < -0.4 is 15.4 Å². The fourth-order valence-corrected chi connectivity index (χ4v) is 3.36. The Kier molecular flexibility index (Phi) is 5.48. The minimum atomic E-state index is -0.359. The summed E-state index contributed by atoms with van der Waals surface area (Å²) in [7, 11) is 0. The van der Waals surface area contributed by atoms with Gasteiger partial charge >= 0.3 is 0 Å². The molecule has 1 atom stereocenters. The van der Waals surface area contributed by atoms with Gasteiger partial charge in [0, 0.05) is 23.1 Å². The van der Waals surface area contributed by atoms with Gasteiger partial charge in [-0.25, -0.2) is 4.68 Å². The summed E-state index contributed by atoms with van der Waals surface area (Å²) >= 11 is 6.01. The Morgan fingerprint density at radius 2 is 2.03 bits per heavy atom. The van der Waals surface area contributed by atoms with Crippen molar-refractivity contribution >= 4 is 29.1 Å². The molecule has 0 saturated carbocycles. The summed E-state index contributed by atoms with van der Waals surface area (Å²) in [5.74, 6) is -0.137. The molecule has 0 aliphatic carbocycles. The maximum atomic E-state index is 12.4. The largest absolute Gasteiger partial charge is 0.492 e. The van der Waals surface area contributed by atoms with Gasteiger partial charge in [0.05, 0.1) is 18.2 Å². The highest BCUT2D eigenvalue weighted by Crippen LogP contribution is 2.29. The van der Waals surface area contributed by atoms with Crippen LogP contribution >= 0.6 is 11.6 Å². The van der Waals surface area contributed by atoms with E-state index in [0.717, 1.165) is 17.0 Å². The van der Waals surface area contributed by atoms with Crippen LogP contribution in [0.25, 0.3) is 5.69 Å². The monoisotopic (exact) mass is 410 g/mol. The summed E-state index contributed by atoms with van der Waals surface area (Å²) in [5.41, 5.74) is 2.43. The van der Waals surface area contributed by atoms with Crippen molar-refractivity contribution in [1.82, 2.24) is 15.1 Å². The van der Waals surface area contributed by atoms with Crippen molar-refractivity contribution in [3.8, 4) is 11.4 Å². The van der Waals surface area contributed by atoms with E-state index in [1.165, 1.54) is 0 Å². The van der Waals surface area contributed by atoms with Crippen LogP contribution in [0.2, 0.25) is 5.02 Å². The summed E-state index contributed by atoms with van der Waals surface area (Å²) in [6, 6.07) is 14.5. The number of fused-ring (bicyclic) bond motifs is 1. The fraction of sp³-hybridized carbons (Fsp3) is 0.190. The maximum Gasteiger partial charge on any atom is 0.243 e. The van der Waals surface area contributed by atoms with Crippen molar-refractivity contribution in [1.29, 1.82) is 0 Å². The molecule has 2 amide bonds. The molecule has 3 aromatic rings. The summed E-state index contributed by atoms with van der Waals surface area (Å²) in [6.07, 6.45) is 4.06. The van der Waals surface area contributed by atoms with Crippen molar-refractivity contribution in [2.75, 3.05) is 18.5 Å². The molecule has 1 aliphatic heterocycles. The van der Waals surface area contributed by atoms with Crippen molar-refractivity contribution in [3.63, 3.8) is 0 Å². The van der Waals surface area contributed by atoms with Crippen LogP contribution in [0.1, 0.15) is 5.56 Å². The number of ether oxygens (including phenoxy) is 1. The molecule has 0 fully saturated rings. The molecule has 2 N–H and O–H groups in total. The van der Waals surface area contributed by atoms with Gasteiger partial charge in [-0.1, -0.05) is 11.6 Å². The smallest absolute Gasteiger partial charge is 0.243 e. The number of nitrogens with zero attached hydrogens (tertiary/aromatic N) is 2. The highest BCUT2D eigenvalue weighted by atomic mass is 35.5. The molecule has 2 heterocycles. The molecule has 2 aromatic carbocycles. The highest BCUT2D eigenvalue weighted by Gasteiger charge is 2.26. The Morgan fingerprint density at radius 3 is 2.79 bits per heavy atom. The van der Waals surface area contributed by atoms with E-state index < -0.39 is 0 Å². The zero-order valence-corrected chi connectivity index (χ0v) is 16.2. The minimum absolute atomic E-state index is 0.112. The van der Waals surface area contributed by atoms with E-state index >= 15 is 0 Å². The Bertz CT molecular complexity index is 1020. The van der Waals surface area contributed by atoms with Crippen LogP contribution in [0, 0.1) is 5.92 Å².